The summed E-state index contributed by atoms with van der Waals surface area (Å²) in [7, 11) is 0. The molecular formula is C25H24Cl2N4O2. The number of benzene rings is 2. The number of rotatable bonds is 5. The van der Waals surface area contributed by atoms with Gasteiger partial charge in [-0.3, -0.25) is 9.69 Å². The molecule has 0 spiro atoms. The molecule has 2 atom stereocenters. The highest BCUT2D eigenvalue weighted by atomic mass is 35.5. The maximum Gasteiger partial charge on any atom is 0.247 e. The molecular weight excluding hydrogens is 459 g/mol. The fourth-order valence-corrected chi connectivity index (χ4v) is 4.74. The van der Waals surface area contributed by atoms with Crippen molar-refractivity contribution in [1.82, 2.24) is 9.88 Å². The molecule has 170 valence electrons. The number of nitrogens with zero attached hydrogens (tertiary/aromatic N) is 3. The van der Waals surface area contributed by atoms with Gasteiger partial charge in [0.05, 0.1) is 28.4 Å². The second-order valence-electron chi connectivity index (χ2n) is 8.49. The lowest BCUT2D eigenvalue weighted by atomic mass is 9.95. The zero-order valence-electron chi connectivity index (χ0n) is 18.1. The van der Waals surface area contributed by atoms with Crippen LogP contribution in [0.2, 0.25) is 10.0 Å². The molecule has 1 saturated heterocycles. The Balaban J connectivity index is 1.62. The Bertz CT molecular complexity index is 1210. The monoisotopic (exact) mass is 482 g/mol. The van der Waals surface area contributed by atoms with Crippen LogP contribution in [0, 0.1) is 11.3 Å². The predicted molar refractivity (Wildman–Crippen MR) is 131 cm³/mol. The van der Waals surface area contributed by atoms with Crippen LogP contribution < -0.4 is 10.5 Å². The van der Waals surface area contributed by atoms with E-state index in [1.165, 1.54) is 6.07 Å². The number of pyridine rings is 1. The summed E-state index contributed by atoms with van der Waals surface area (Å²) in [6.45, 7) is 4.19. The maximum atomic E-state index is 11.4. The van der Waals surface area contributed by atoms with Gasteiger partial charge in [-0.25, -0.2) is 0 Å². The van der Waals surface area contributed by atoms with E-state index in [2.05, 4.69) is 20.9 Å². The second-order valence-corrected chi connectivity index (χ2v) is 9.33. The van der Waals surface area contributed by atoms with Gasteiger partial charge < -0.3 is 15.0 Å². The lowest BCUT2D eigenvalue weighted by Crippen LogP contribution is -2.52. The molecule has 1 aliphatic rings. The Labute approximate surface area is 202 Å². The number of H-pyrrole nitrogens is 1. The van der Waals surface area contributed by atoms with Crippen molar-refractivity contribution in [3.63, 3.8) is 0 Å². The third-order valence-electron chi connectivity index (χ3n) is 6.04. The molecule has 2 aromatic carbocycles. The normalized spacial score (nSPS) is 18.5. The molecule has 0 radical (unpaired) electrons. The van der Waals surface area contributed by atoms with Crippen molar-refractivity contribution < 1.29 is 5.11 Å². The molecule has 0 bridgehead atoms. The third-order valence-corrected chi connectivity index (χ3v) is 6.60. The standard InChI is InChI=1S/C25H24Cl2N4O2/c1-25(33,19-5-9-24(32)29-14-19)16-30-10-11-31(22-8-2-17(13-28)12-21(22)27)23(15-30)18-3-6-20(26)7-4-18/h2-9,12,14,23,33H,10-11,15-16H2,1H3,(H,29,32)/t23-,25+/m0/s1. The van der Waals surface area contributed by atoms with Crippen LogP contribution >= 0.6 is 23.2 Å². The Morgan fingerprint density at radius 3 is 2.55 bits per heavy atom. The second kappa shape index (κ2) is 9.58. The number of β-amino-alcohol motifs (C(OH)–C–C–N with tert-alkyl or cyclic N) is 1. The van der Waals surface area contributed by atoms with Gasteiger partial charge in [0.15, 0.2) is 0 Å². The van der Waals surface area contributed by atoms with Crippen LogP contribution in [0.25, 0.3) is 0 Å². The molecule has 0 unspecified atom stereocenters. The fraction of sp³-hybridized carbons (Fsp3) is 0.280. The molecule has 1 aromatic heterocycles. The van der Waals surface area contributed by atoms with Gasteiger partial charge in [0.2, 0.25) is 5.56 Å². The highest BCUT2D eigenvalue weighted by Crippen LogP contribution is 2.36. The first-order chi connectivity index (χ1) is 15.8. The number of anilines is 1. The number of nitriles is 1. The van der Waals surface area contributed by atoms with Gasteiger partial charge in [0, 0.05) is 49.0 Å². The average molecular weight is 483 g/mol. The van der Waals surface area contributed by atoms with E-state index in [4.69, 9.17) is 23.2 Å². The molecule has 0 aliphatic carbocycles. The van der Waals surface area contributed by atoms with Gasteiger partial charge in [-0.2, -0.15) is 5.26 Å². The number of aromatic nitrogens is 1. The first-order valence-electron chi connectivity index (χ1n) is 10.6. The molecule has 0 amide bonds. The Morgan fingerprint density at radius 2 is 1.91 bits per heavy atom. The van der Waals surface area contributed by atoms with Crippen LogP contribution in [-0.2, 0) is 5.60 Å². The lowest BCUT2D eigenvalue weighted by Gasteiger charge is -2.45. The Kier molecular flexibility index (Phi) is 6.78. The van der Waals surface area contributed by atoms with Gasteiger partial charge in [0.1, 0.15) is 5.60 Å². The van der Waals surface area contributed by atoms with Crippen LogP contribution in [0.1, 0.15) is 29.7 Å². The highest BCUT2D eigenvalue weighted by molar-refractivity contribution is 6.33. The van der Waals surface area contributed by atoms with Crippen LogP contribution in [0.4, 0.5) is 5.69 Å². The van der Waals surface area contributed by atoms with Gasteiger partial charge >= 0.3 is 0 Å². The summed E-state index contributed by atoms with van der Waals surface area (Å²) in [5.41, 5.74) is 1.77. The number of halogens is 2. The molecule has 6 nitrogen and oxygen atoms in total. The van der Waals surface area contributed by atoms with Crippen molar-refractivity contribution >= 4 is 28.9 Å². The summed E-state index contributed by atoms with van der Waals surface area (Å²) in [5.74, 6) is 0. The van der Waals surface area contributed by atoms with Crippen molar-refractivity contribution in [1.29, 1.82) is 5.26 Å². The minimum absolute atomic E-state index is 0.0344. The highest BCUT2D eigenvalue weighted by Gasteiger charge is 2.34. The first-order valence-corrected chi connectivity index (χ1v) is 11.4. The van der Waals surface area contributed by atoms with E-state index in [9.17, 15) is 15.2 Å². The largest absolute Gasteiger partial charge is 0.384 e. The van der Waals surface area contributed by atoms with Gasteiger partial charge in [0.25, 0.3) is 0 Å². The summed E-state index contributed by atoms with van der Waals surface area (Å²) in [4.78, 5) is 18.5. The van der Waals surface area contributed by atoms with E-state index >= 15 is 0 Å². The zero-order chi connectivity index (χ0) is 23.6. The molecule has 8 heteroatoms. The SMILES string of the molecule is C[C@@](O)(CN1CCN(c2ccc(C#N)cc2Cl)[C@H](c2ccc(Cl)cc2)C1)c1ccc(=O)[nH]c1. The predicted octanol–water partition coefficient (Wildman–Crippen LogP) is 4.32. The molecule has 1 fully saturated rings. The molecule has 2 heterocycles. The number of aromatic amines is 1. The zero-order valence-corrected chi connectivity index (χ0v) is 19.6. The van der Waals surface area contributed by atoms with Crippen LogP contribution in [-0.4, -0.2) is 41.2 Å². The summed E-state index contributed by atoms with van der Waals surface area (Å²) in [6.07, 6.45) is 1.56. The average Bonchev–Trinajstić information content (AvgIpc) is 2.80. The number of nitrogens with one attached hydrogen (secondary N) is 1. The van der Waals surface area contributed by atoms with Gasteiger partial charge in [-0.15, -0.1) is 0 Å². The first kappa shape index (κ1) is 23.3. The molecule has 4 rings (SSSR count). The van der Waals surface area contributed by atoms with E-state index in [1.54, 1.807) is 31.3 Å². The molecule has 3 aromatic rings. The summed E-state index contributed by atoms with van der Waals surface area (Å²) >= 11 is 12.7. The summed E-state index contributed by atoms with van der Waals surface area (Å²) < 4.78 is 0. The quantitative estimate of drug-likeness (QED) is 0.565. The van der Waals surface area contributed by atoms with Crippen molar-refractivity contribution in [3.05, 3.63) is 97.9 Å². The minimum Gasteiger partial charge on any atom is -0.384 e. The van der Waals surface area contributed by atoms with Crippen molar-refractivity contribution in [2.75, 3.05) is 31.1 Å². The fourth-order valence-electron chi connectivity index (χ4n) is 4.32. The summed E-state index contributed by atoms with van der Waals surface area (Å²) in [6, 6.07) is 18.2. The Morgan fingerprint density at radius 1 is 1.15 bits per heavy atom. The number of piperazine rings is 1. The number of hydrogen-bond acceptors (Lipinski definition) is 5. The van der Waals surface area contributed by atoms with Crippen molar-refractivity contribution in [3.8, 4) is 6.07 Å². The van der Waals surface area contributed by atoms with Crippen LogP contribution in [0.3, 0.4) is 0 Å². The minimum atomic E-state index is -1.14. The summed E-state index contributed by atoms with van der Waals surface area (Å²) in [5, 5.41) is 21.5. The molecule has 0 saturated carbocycles. The van der Waals surface area contributed by atoms with Gasteiger partial charge in [-0.1, -0.05) is 35.3 Å². The third kappa shape index (κ3) is 5.23. The molecule has 2 N–H and O–H groups in total. The van der Waals surface area contributed by atoms with Crippen molar-refractivity contribution in [2.24, 2.45) is 0 Å². The van der Waals surface area contributed by atoms with E-state index in [-0.39, 0.29) is 11.6 Å². The van der Waals surface area contributed by atoms with E-state index in [1.807, 2.05) is 30.3 Å². The van der Waals surface area contributed by atoms with E-state index < -0.39 is 5.60 Å². The van der Waals surface area contributed by atoms with Crippen LogP contribution in [0.15, 0.2) is 65.6 Å². The topological polar surface area (TPSA) is 83.4 Å². The maximum absolute atomic E-state index is 11.4. The number of aliphatic hydroxyl groups is 1. The van der Waals surface area contributed by atoms with Crippen LogP contribution in [0.5, 0.6) is 0 Å². The smallest absolute Gasteiger partial charge is 0.247 e. The number of hydrogen-bond donors (Lipinski definition) is 2. The van der Waals surface area contributed by atoms with Gasteiger partial charge in [-0.05, 0) is 48.9 Å². The molecule has 1 aliphatic heterocycles. The lowest BCUT2D eigenvalue weighted by molar-refractivity contribution is 0.01000. The molecule has 33 heavy (non-hydrogen) atoms. The van der Waals surface area contributed by atoms with E-state index in [0.29, 0.717) is 47.4 Å². The Hall–Kier alpha value is -2.82. The van der Waals surface area contributed by atoms with Crippen molar-refractivity contribution in [2.45, 2.75) is 18.6 Å². The van der Waals surface area contributed by atoms with E-state index in [0.717, 1.165) is 11.3 Å².